The van der Waals surface area contributed by atoms with Crippen LogP contribution in [0.2, 0.25) is 0 Å². The largest absolute Gasteiger partial charge is 0.481 e. The first-order valence-corrected chi connectivity index (χ1v) is 9.58. The molecule has 0 fully saturated rings. The van der Waals surface area contributed by atoms with Gasteiger partial charge >= 0.3 is 11.9 Å². The number of carbonyl (C=O) groups is 2. The summed E-state index contributed by atoms with van der Waals surface area (Å²) in [5.74, 6) is -0.381. The molecular weight excluding hydrogens is 308 g/mol. The number of carboxylic acid groups (broad SMARTS) is 2. The fraction of sp³-hybridized carbons (Fsp3) is 0.867. The van der Waals surface area contributed by atoms with E-state index in [2.05, 4.69) is 13.8 Å². The Hall–Kier alpha value is -0.360. The lowest BCUT2D eigenvalue weighted by atomic mass is 10.1. The highest BCUT2D eigenvalue weighted by Gasteiger charge is 2.25. The molecule has 0 aromatic heterocycles. The molecule has 4 nitrogen and oxygen atoms in total. The third-order valence-corrected chi connectivity index (χ3v) is 6.33. The van der Waals surface area contributed by atoms with E-state index in [9.17, 15) is 9.59 Å². The fourth-order valence-electron chi connectivity index (χ4n) is 1.94. The van der Waals surface area contributed by atoms with Crippen LogP contribution in [0.1, 0.15) is 65.2 Å². The van der Waals surface area contributed by atoms with Gasteiger partial charge in [-0.05, 0) is 13.3 Å². The van der Waals surface area contributed by atoms with Gasteiger partial charge in [0.15, 0.2) is 0 Å². The maximum Gasteiger partial charge on any atom is 0.304 e. The van der Waals surface area contributed by atoms with Crippen LogP contribution in [-0.2, 0) is 9.59 Å². The average molecular weight is 337 g/mol. The zero-order chi connectivity index (χ0) is 16.1. The molecule has 0 spiro atoms. The van der Waals surface area contributed by atoms with Crippen LogP contribution in [0.4, 0.5) is 0 Å². The van der Waals surface area contributed by atoms with Gasteiger partial charge in [-0.3, -0.25) is 9.59 Å². The third kappa shape index (κ3) is 13.1. The second kappa shape index (κ2) is 12.2. The van der Waals surface area contributed by atoms with Crippen LogP contribution in [0.3, 0.4) is 0 Å². The van der Waals surface area contributed by atoms with E-state index < -0.39 is 11.9 Å². The van der Waals surface area contributed by atoms with Crippen molar-refractivity contribution in [1.82, 2.24) is 0 Å². The minimum atomic E-state index is -0.775. The molecule has 21 heavy (non-hydrogen) atoms. The fourth-order valence-corrected chi connectivity index (χ4v) is 4.77. The third-order valence-electron chi connectivity index (χ3n) is 3.18. The number of rotatable bonds is 14. The number of aliphatic carboxylic acids is 2. The molecule has 0 aliphatic heterocycles. The van der Waals surface area contributed by atoms with E-state index >= 15 is 0 Å². The Kier molecular flexibility index (Phi) is 12.0. The van der Waals surface area contributed by atoms with Gasteiger partial charge in [0, 0.05) is 11.5 Å². The van der Waals surface area contributed by atoms with E-state index in [1.807, 2.05) is 0 Å². The summed E-state index contributed by atoms with van der Waals surface area (Å²) in [6, 6.07) is 0. The number of hydrogen-bond donors (Lipinski definition) is 2. The lowest BCUT2D eigenvalue weighted by Gasteiger charge is -2.28. The second-order valence-electron chi connectivity index (χ2n) is 5.28. The predicted molar refractivity (Wildman–Crippen MR) is 91.2 cm³/mol. The van der Waals surface area contributed by atoms with Crippen molar-refractivity contribution >= 4 is 35.5 Å². The Morgan fingerprint density at radius 1 is 0.905 bits per heavy atom. The Morgan fingerprint density at radius 3 is 1.81 bits per heavy atom. The van der Waals surface area contributed by atoms with Gasteiger partial charge in [0.05, 0.1) is 16.9 Å². The Morgan fingerprint density at radius 2 is 1.38 bits per heavy atom. The van der Waals surface area contributed by atoms with Gasteiger partial charge in [0.1, 0.15) is 0 Å². The van der Waals surface area contributed by atoms with Crippen molar-refractivity contribution in [2.45, 2.75) is 69.3 Å². The Bertz CT molecular complexity index is 288. The van der Waals surface area contributed by atoms with Crippen LogP contribution in [0.25, 0.3) is 0 Å². The van der Waals surface area contributed by atoms with Gasteiger partial charge < -0.3 is 10.2 Å². The zero-order valence-electron chi connectivity index (χ0n) is 13.1. The number of hydrogen-bond acceptors (Lipinski definition) is 4. The topological polar surface area (TPSA) is 74.6 Å². The van der Waals surface area contributed by atoms with Crippen molar-refractivity contribution in [2.24, 2.45) is 0 Å². The van der Waals surface area contributed by atoms with Crippen LogP contribution in [0.5, 0.6) is 0 Å². The number of thioether (sulfide) groups is 2. The molecule has 124 valence electrons. The number of unbranched alkanes of at least 4 members (excludes halogenated alkanes) is 4. The Balaban J connectivity index is 4.16. The van der Waals surface area contributed by atoms with E-state index in [4.69, 9.17) is 10.2 Å². The van der Waals surface area contributed by atoms with E-state index in [-0.39, 0.29) is 16.9 Å². The molecular formula is C15H28O4S2. The van der Waals surface area contributed by atoms with Gasteiger partial charge in [-0.15, -0.1) is 23.5 Å². The quantitative estimate of drug-likeness (QED) is 0.360. The summed E-state index contributed by atoms with van der Waals surface area (Å²) in [6.07, 6.45) is 7.37. The summed E-state index contributed by atoms with van der Waals surface area (Å²) >= 11 is 3.31. The molecule has 0 aromatic carbocycles. The molecule has 0 radical (unpaired) electrons. The SMILES string of the molecule is CCCCCCCC(C)(SCCC(=O)O)SCCC(=O)O. The van der Waals surface area contributed by atoms with Crippen molar-refractivity contribution in [2.75, 3.05) is 11.5 Å². The highest BCUT2D eigenvalue weighted by Crippen LogP contribution is 2.42. The number of carboxylic acids is 2. The minimum absolute atomic E-state index is 0.0723. The van der Waals surface area contributed by atoms with Crippen molar-refractivity contribution in [3.63, 3.8) is 0 Å². The van der Waals surface area contributed by atoms with Gasteiger partial charge in [0.2, 0.25) is 0 Å². The first kappa shape index (κ1) is 20.6. The van der Waals surface area contributed by atoms with Gasteiger partial charge in [-0.25, -0.2) is 0 Å². The maximum atomic E-state index is 10.6. The molecule has 0 amide bonds. The van der Waals surface area contributed by atoms with Crippen LogP contribution >= 0.6 is 23.5 Å². The van der Waals surface area contributed by atoms with Crippen LogP contribution in [0, 0.1) is 0 Å². The molecule has 0 atom stereocenters. The molecule has 0 unspecified atom stereocenters. The van der Waals surface area contributed by atoms with Gasteiger partial charge in [-0.1, -0.05) is 39.0 Å². The summed E-state index contributed by atoms with van der Waals surface area (Å²) in [4.78, 5) is 21.2. The van der Waals surface area contributed by atoms with Crippen LogP contribution in [0.15, 0.2) is 0 Å². The lowest BCUT2D eigenvalue weighted by molar-refractivity contribution is -0.137. The smallest absolute Gasteiger partial charge is 0.304 e. The van der Waals surface area contributed by atoms with Gasteiger partial charge in [-0.2, -0.15) is 0 Å². The lowest BCUT2D eigenvalue weighted by Crippen LogP contribution is -2.18. The molecule has 6 heteroatoms. The molecule has 0 bridgehead atoms. The second-order valence-corrected chi connectivity index (χ2v) is 8.74. The molecule has 0 aliphatic carbocycles. The first-order valence-electron chi connectivity index (χ1n) is 7.61. The van der Waals surface area contributed by atoms with Crippen molar-refractivity contribution in [3.8, 4) is 0 Å². The summed E-state index contributed by atoms with van der Waals surface area (Å²) in [7, 11) is 0. The monoisotopic (exact) mass is 336 g/mol. The predicted octanol–water partition coefficient (Wildman–Crippen LogP) is 4.48. The highest BCUT2D eigenvalue weighted by atomic mass is 32.2. The molecule has 0 saturated heterocycles. The van der Waals surface area contributed by atoms with Crippen molar-refractivity contribution in [3.05, 3.63) is 0 Å². The highest BCUT2D eigenvalue weighted by molar-refractivity contribution is 8.18. The molecule has 2 N–H and O–H groups in total. The normalized spacial score (nSPS) is 11.5. The standard InChI is InChI=1S/C15H28O4S2/c1-3-4-5-6-7-10-15(2,20-11-8-13(16)17)21-12-9-14(18)19/h3-12H2,1-2H3,(H,16,17)(H,18,19). The zero-order valence-corrected chi connectivity index (χ0v) is 14.7. The summed E-state index contributed by atoms with van der Waals surface area (Å²) in [5, 5.41) is 17.5. The Labute approximate surface area is 136 Å². The molecule has 0 rings (SSSR count). The molecule has 0 heterocycles. The minimum Gasteiger partial charge on any atom is -0.481 e. The van der Waals surface area contributed by atoms with E-state index in [0.717, 1.165) is 12.8 Å². The molecule has 0 aliphatic rings. The summed E-state index contributed by atoms with van der Waals surface area (Å²) in [6.45, 7) is 4.31. The summed E-state index contributed by atoms with van der Waals surface area (Å²) in [5.41, 5.74) is 0. The van der Waals surface area contributed by atoms with E-state index in [0.29, 0.717) is 11.5 Å². The van der Waals surface area contributed by atoms with Crippen LogP contribution < -0.4 is 0 Å². The first-order chi connectivity index (χ1) is 9.89. The average Bonchev–Trinajstić information content (AvgIpc) is 2.37. The van der Waals surface area contributed by atoms with E-state index in [1.165, 1.54) is 25.7 Å². The summed E-state index contributed by atoms with van der Waals surface area (Å²) < 4.78 is -0.0723. The van der Waals surface area contributed by atoms with Crippen molar-refractivity contribution in [1.29, 1.82) is 0 Å². The maximum absolute atomic E-state index is 10.6. The van der Waals surface area contributed by atoms with Gasteiger partial charge in [0.25, 0.3) is 0 Å². The molecule has 0 aromatic rings. The van der Waals surface area contributed by atoms with Crippen LogP contribution in [-0.4, -0.2) is 37.7 Å². The van der Waals surface area contributed by atoms with E-state index in [1.54, 1.807) is 23.5 Å². The van der Waals surface area contributed by atoms with Crippen molar-refractivity contribution < 1.29 is 19.8 Å². The molecule has 0 saturated carbocycles.